The number of alkyl halides is 3. The Morgan fingerprint density at radius 1 is 0.887 bits per heavy atom. The molecule has 2 bridgehead atoms. The molecule has 0 N–H and O–H groups in total. The van der Waals surface area contributed by atoms with E-state index in [0.29, 0.717) is 41.8 Å². The van der Waals surface area contributed by atoms with Crippen LogP contribution in [0.3, 0.4) is 0 Å². The second-order valence-corrected chi connectivity index (χ2v) is 25.3. The molecule has 0 radical (unpaired) electrons. The van der Waals surface area contributed by atoms with E-state index in [1.807, 2.05) is 74.5 Å². The molecule has 62 heavy (non-hydrogen) atoms. The molecule has 4 aromatic rings. The number of fused-ring (bicyclic) bond motifs is 7. The van der Waals surface area contributed by atoms with Gasteiger partial charge in [0.2, 0.25) is 10.6 Å². The van der Waals surface area contributed by atoms with Crippen molar-refractivity contribution in [3.8, 4) is 28.7 Å². The summed E-state index contributed by atoms with van der Waals surface area (Å²) in [5.74, 6) is 3.09. The zero-order valence-corrected chi connectivity index (χ0v) is 39.7. The van der Waals surface area contributed by atoms with Gasteiger partial charge in [0.25, 0.3) is 0 Å². The number of aryl methyl sites for hydroxylation is 1. The first kappa shape index (κ1) is 44.7. The fraction of sp³-hybridized carbons (Fsp3) is 0.468. The van der Waals surface area contributed by atoms with Crippen molar-refractivity contribution in [2.75, 3.05) is 33.7 Å². The van der Waals surface area contributed by atoms with E-state index in [9.17, 15) is 4.79 Å². The fourth-order valence-electron chi connectivity index (χ4n) is 8.92. The van der Waals surface area contributed by atoms with Gasteiger partial charge in [-0.2, -0.15) is 0 Å². The molecular weight excluding hydrogens is 871 g/mol. The summed E-state index contributed by atoms with van der Waals surface area (Å²) >= 11 is 18.6. The molecule has 15 heteroatoms. The lowest BCUT2D eigenvalue weighted by Gasteiger charge is -2.57. The van der Waals surface area contributed by atoms with Gasteiger partial charge in [0, 0.05) is 16.7 Å². The monoisotopic (exact) mass is 924 g/mol. The molecule has 2 fully saturated rings. The van der Waals surface area contributed by atoms with E-state index in [1.54, 1.807) is 12.0 Å². The molecule has 11 nitrogen and oxygen atoms in total. The second-order valence-electron chi connectivity index (χ2n) is 17.9. The molecule has 8 rings (SSSR count). The summed E-state index contributed by atoms with van der Waals surface area (Å²) in [6, 6.07) is 22.1. The smallest absolute Gasteiger partial charge is 0.410 e. The molecule has 0 aliphatic carbocycles. The lowest BCUT2D eigenvalue weighted by Crippen LogP contribution is -2.68. The van der Waals surface area contributed by atoms with Crippen molar-refractivity contribution in [3.05, 3.63) is 112 Å². The summed E-state index contributed by atoms with van der Waals surface area (Å²) < 4.78 is 50.1. The van der Waals surface area contributed by atoms with Gasteiger partial charge < -0.3 is 37.6 Å². The number of rotatable bonds is 12. The average molecular weight is 926 g/mol. The van der Waals surface area contributed by atoms with Crippen LogP contribution in [0.4, 0.5) is 4.79 Å². The molecule has 2 saturated heterocycles. The van der Waals surface area contributed by atoms with E-state index < -0.39 is 49.2 Å². The van der Waals surface area contributed by atoms with Crippen LogP contribution in [0.2, 0.25) is 18.1 Å². The van der Waals surface area contributed by atoms with Crippen LogP contribution in [0.15, 0.2) is 72.8 Å². The Kier molecular flexibility index (Phi) is 12.7. The van der Waals surface area contributed by atoms with Crippen LogP contribution in [0, 0.1) is 13.8 Å². The number of amides is 1. The number of nitrogens with zero attached hydrogens (tertiary/aromatic N) is 2. The van der Waals surface area contributed by atoms with E-state index in [-0.39, 0.29) is 37.7 Å². The van der Waals surface area contributed by atoms with Gasteiger partial charge in [-0.1, -0.05) is 122 Å². The van der Waals surface area contributed by atoms with Crippen LogP contribution in [-0.2, 0) is 33.5 Å². The quantitative estimate of drug-likeness (QED) is 0.101. The van der Waals surface area contributed by atoms with E-state index >= 15 is 0 Å². The maximum atomic E-state index is 14.7. The number of hydrogen-bond donors (Lipinski definition) is 0. The maximum Gasteiger partial charge on any atom is 0.410 e. The Labute approximate surface area is 380 Å². The average Bonchev–Trinajstić information content (AvgIpc) is 3.91. The highest BCUT2D eigenvalue weighted by atomic mass is 35.6. The number of hydrogen-bond acceptors (Lipinski definition) is 10. The van der Waals surface area contributed by atoms with Gasteiger partial charge in [-0.05, 0) is 66.7 Å². The third-order valence-corrected chi connectivity index (χ3v) is 17.8. The topological polar surface area (TPSA) is 97.4 Å². The normalized spacial score (nSPS) is 21.9. The SMILES string of the molecule is COc1c(C)cc2c(c1OCc1ccccc1)[C@H]1[C@H](CO[Si](C)(C)C(C)(C)C)N3[C@H](c4cc(OCc5ccccc5)c(C)c5c4OCO5)CO[C@H]3C(C2)N1C(=O)OCC(Cl)(Cl)Cl. The minimum Gasteiger partial charge on any atom is -0.493 e. The highest BCUT2D eigenvalue weighted by Gasteiger charge is 2.60. The summed E-state index contributed by atoms with van der Waals surface area (Å²) in [5.41, 5.74) is 6.45. The van der Waals surface area contributed by atoms with Gasteiger partial charge in [0.1, 0.15) is 31.8 Å². The van der Waals surface area contributed by atoms with Gasteiger partial charge in [0.15, 0.2) is 31.3 Å². The predicted molar refractivity (Wildman–Crippen MR) is 242 cm³/mol. The number of halogens is 3. The Morgan fingerprint density at radius 3 is 2.16 bits per heavy atom. The summed E-state index contributed by atoms with van der Waals surface area (Å²) in [6.45, 7) is 15.9. The molecule has 4 heterocycles. The van der Waals surface area contributed by atoms with Gasteiger partial charge in [-0.15, -0.1) is 0 Å². The highest BCUT2D eigenvalue weighted by Crippen LogP contribution is 2.57. The molecule has 1 amide bonds. The van der Waals surface area contributed by atoms with Crippen LogP contribution >= 0.6 is 34.8 Å². The standard InChI is InChI=1S/C47H55Cl3N2O9Si/c1-28-19-32-20-34-44-51(35(24-57-44)33-21-37(29(2)41-42(33)60-27-59-41)55-22-30-15-11-9-12-16-30)36(25-61-62(7,8)46(3,4)5)39(52(34)45(53)58-26-47(48,49)50)38(32)43(40(28)54-6)56-23-31-17-13-10-14-18-31/h9-19,21,34-36,39,44H,20,22-27H2,1-8H3/t34?,35-,36-,39+,44-/m0/s1. The molecule has 0 spiro atoms. The van der Waals surface area contributed by atoms with Crippen LogP contribution < -0.4 is 23.7 Å². The Bertz CT molecular complexity index is 2270. The van der Waals surface area contributed by atoms with Gasteiger partial charge in [-0.25, -0.2) is 4.79 Å². The molecule has 1 unspecified atom stereocenters. The number of benzene rings is 4. The predicted octanol–water partition coefficient (Wildman–Crippen LogP) is 10.8. The first-order valence-electron chi connectivity index (χ1n) is 21.0. The molecule has 4 aliphatic rings. The van der Waals surface area contributed by atoms with Crippen molar-refractivity contribution in [2.45, 2.75) is 107 Å². The lowest BCUT2D eigenvalue weighted by atomic mass is 9.78. The fourth-order valence-corrected chi connectivity index (χ4v) is 10.1. The van der Waals surface area contributed by atoms with Gasteiger partial charge in [-0.3, -0.25) is 9.80 Å². The van der Waals surface area contributed by atoms with Crippen molar-refractivity contribution in [1.29, 1.82) is 0 Å². The molecule has 332 valence electrons. The van der Waals surface area contributed by atoms with Crippen molar-refractivity contribution >= 4 is 49.2 Å². The lowest BCUT2D eigenvalue weighted by molar-refractivity contribution is -0.136. The van der Waals surface area contributed by atoms with E-state index in [1.165, 1.54) is 0 Å². The van der Waals surface area contributed by atoms with E-state index in [2.05, 4.69) is 50.9 Å². The molecule has 4 aliphatic heterocycles. The van der Waals surface area contributed by atoms with Crippen molar-refractivity contribution in [3.63, 3.8) is 0 Å². The molecule has 0 saturated carbocycles. The number of carbonyl (C=O) groups is 1. The number of methoxy groups -OCH3 is 1. The molecular formula is C47H55Cl3N2O9Si. The van der Waals surface area contributed by atoms with Crippen LogP contribution in [0.25, 0.3) is 0 Å². The highest BCUT2D eigenvalue weighted by molar-refractivity contribution is 6.74. The van der Waals surface area contributed by atoms with Crippen molar-refractivity contribution < 1.29 is 42.4 Å². The Morgan fingerprint density at radius 2 is 1.53 bits per heavy atom. The molecule has 0 aromatic heterocycles. The minimum absolute atomic E-state index is 0.0724. The third kappa shape index (κ3) is 8.68. The largest absolute Gasteiger partial charge is 0.493 e. The van der Waals surface area contributed by atoms with Crippen LogP contribution in [0.1, 0.15) is 71.8 Å². The van der Waals surface area contributed by atoms with Crippen LogP contribution in [0.5, 0.6) is 28.7 Å². The first-order chi connectivity index (χ1) is 29.5. The minimum atomic E-state index is -2.41. The third-order valence-electron chi connectivity index (χ3n) is 13.0. The number of carbonyl (C=O) groups excluding carboxylic acids is 1. The van der Waals surface area contributed by atoms with Gasteiger partial charge in [0.05, 0.1) is 44.5 Å². The van der Waals surface area contributed by atoms with Crippen LogP contribution in [-0.4, -0.2) is 80.0 Å². The first-order valence-corrected chi connectivity index (χ1v) is 25.0. The molecule has 4 aromatic carbocycles. The zero-order chi connectivity index (χ0) is 44.1. The Balaban J connectivity index is 1.30. The summed E-state index contributed by atoms with van der Waals surface area (Å²) in [7, 11) is -0.769. The summed E-state index contributed by atoms with van der Waals surface area (Å²) in [6.07, 6.45) is -0.817. The molecule has 5 atom stereocenters. The van der Waals surface area contributed by atoms with Gasteiger partial charge >= 0.3 is 6.09 Å². The summed E-state index contributed by atoms with van der Waals surface area (Å²) in [5, 5.41) is -0.115. The van der Waals surface area contributed by atoms with E-state index in [0.717, 1.165) is 38.9 Å². The van der Waals surface area contributed by atoms with Crippen molar-refractivity contribution in [1.82, 2.24) is 9.80 Å². The maximum absolute atomic E-state index is 14.7. The zero-order valence-electron chi connectivity index (χ0n) is 36.5. The second kappa shape index (κ2) is 17.6. The number of ether oxygens (including phenoxy) is 7. The van der Waals surface area contributed by atoms with E-state index in [4.69, 9.17) is 72.4 Å². The number of piperazine rings is 1. The summed E-state index contributed by atoms with van der Waals surface area (Å²) in [4.78, 5) is 18.9. The van der Waals surface area contributed by atoms with Crippen molar-refractivity contribution in [2.24, 2.45) is 0 Å². The Hall–Kier alpha value is -3.88.